The molecular formula is C16H17Cl2N3O3. The number of ether oxygens (including phenoxy) is 1. The molecule has 0 fully saturated rings. The molecule has 0 aromatic heterocycles. The first-order valence-corrected chi connectivity index (χ1v) is 8.20. The number of benzene rings is 1. The molecule has 0 aliphatic carbocycles. The van der Waals surface area contributed by atoms with Gasteiger partial charge >= 0.3 is 6.03 Å². The molecule has 1 atom stereocenters. The summed E-state index contributed by atoms with van der Waals surface area (Å²) >= 11 is 12.2. The van der Waals surface area contributed by atoms with Crippen LogP contribution in [0.15, 0.2) is 29.5 Å². The molecule has 2 aliphatic heterocycles. The van der Waals surface area contributed by atoms with Gasteiger partial charge in [-0.3, -0.25) is 9.69 Å². The highest BCUT2D eigenvalue weighted by Crippen LogP contribution is 2.38. The third kappa shape index (κ3) is 2.85. The quantitative estimate of drug-likeness (QED) is 0.886. The number of rotatable bonds is 4. The Morgan fingerprint density at radius 1 is 1.33 bits per heavy atom. The summed E-state index contributed by atoms with van der Waals surface area (Å²) in [5, 5.41) is 3.75. The van der Waals surface area contributed by atoms with Crippen molar-refractivity contribution in [2.75, 3.05) is 33.9 Å². The summed E-state index contributed by atoms with van der Waals surface area (Å²) in [5.74, 6) is -0.120. The number of hydrogen-bond acceptors (Lipinski definition) is 3. The van der Waals surface area contributed by atoms with E-state index in [9.17, 15) is 9.59 Å². The molecule has 24 heavy (non-hydrogen) atoms. The lowest BCUT2D eigenvalue weighted by Gasteiger charge is -2.31. The van der Waals surface area contributed by atoms with Crippen molar-refractivity contribution >= 4 is 35.1 Å². The minimum atomic E-state index is -0.589. The van der Waals surface area contributed by atoms with Gasteiger partial charge in [-0.2, -0.15) is 0 Å². The summed E-state index contributed by atoms with van der Waals surface area (Å²) in [4.78, 5) is 28.2. The van der Waals surface area contributed by atoms with E-state index in [1.54, 1.807) is 37.3 Å². The Morgan fingerprint density at radius 2 is 2.08 bits per heavy atom. The number of nitrogens with one attached hydrogen (secondary N) is 1. The molecule has 0 bridgehead atoms. The summed E-state index contributed by atoms with van der Waals surface area (Å²) in [5.41, 5.74) is 1.88. The van der Waals surface area contributed by atoms with Crippen molar-refractivity contribution in [2.24, 2.45) is 0 Å². The summed E-state index contributed by atoms with van der Waals surface area (Å²) in [6.45, 7) is 1.28. The number of methoxy groups -OCH3 is 1. The zero-order chi connectivity index (χ0) is 17.4. The molecule has 0 radical (unpaired) electrons. The largest absolute Gasteiger partial charge is 0.383 e. The van der Waals surface area contributed by atoms with Gasteiger partial charge in [-0.15, -0.1) is 0 Å². The first kappa shape index (κ1) is 17.1. The first-order chi connectivity index (χ1) is 11.4. The van der Waals surface area contributed by atoms with E-state index in [1.807, 2.05) is 0 Å². The Kier molecular flexibility index (Phi) is 4.71. The summed E-state index contributed by atoms with van der Waals surface area (Å²) in [6.07, 6.45) is 0. The van der Waals surface area contributed by atoms with Crippen molar-refractivity contribution < 1.29 is 14.3 Å². The second-order valence-corrected chi connectivity index (χ2v) is 6.53. The zero-order valence-corrected chi connectivity index (χ0v) is 14.8. The van der Waals surface area contributed by atoms with Gasteiger partial charge in [0.1, 0.15) is 0 Å². The number of urea groups is 1. The summed E-state index contributed by atoms with van der Waals surface area (Å²) in [6, 6.07) is 4.16. The van der Waals surface area contributed by atoms with Crippen LogP contribution in [0.1, 0.15) is 11.6 Å². The fraction of sp³-hybridized carbons (Fsp3) is 0.375. The maximum absolute atomic E-state index is 12.8. The Labute approximate surface area is 149 Å². The van der Waals surface area contributed by atoms with Crippen LogP contribution in [0.25, 0.3) is 0 Å². The average Bonchev–Trinajstić information content (AvgIpc) is 2.87. The Bertz CT molecular complexity index is 735. The molecule has 0 spiro atoms. The Morgan fingerprint density at radius 3 is 2.75 bits per heavy atom. The molecule has 1 aromatic carbocycles. The Balaban J connectivity index is 2.01. The number of carbonyl (C=O) groups excluding carboxylic acids is 2. The normalized spacial score (nSPS) is 20.6. The van der Waals surface area contributed by atoms with Crippen LogP contribution in [0.4, 0.5) is 4.79 Å². The standard InChI is InChI=1S/C16H17Cl2N3O3/c1-20-12-8-21(5-6-24-2)15(22)13(12)14(19-16(20)23)10-4-3-9(17)7-11(10)18/h3-4,7,14H,5-6,8H2,1-2H3,(H,19,23)/t14-/m0/s1. The van der Waals surface area contributed by atoms with E-state index in [1.165, 1.54) is 4.90 Å². The number of likely N-dealkylation sites (N-methyl/N-ethyl adjacent to an activating group) is 1. The van der Waals surface area contributed by atoms with Crippen molar-refractivity contribution in [1.82, 2.24) is 15.1 Å². The molecule has 3 amide bonds. The predicted octanol–water partition coefficient (Wildman–Crippen LogP) is 2.43. The molecule has 1 N–H and O–H groups in total. The minimum absolute atomic E-state index is 0.120. The van der Waals surface area contributed by atoms with Gasteiger partial charge < -0.3 is 15.0 Å². The molecule has 0 unspecified atom stereocenters. The second-order valence-electron chi connectivity index (χ2n) is 5.69. The van der Waals surface area contributed by atoms with Crippen LogP contribution in [-0.4, -0.2) is 55.6 Å². The predicted molar refractivity (Wildman–Crippen MR) is 91.0 cm³/mol. The van der Waals surface area contributed by atoms with Crippen LogP contribution in [0, 0.1) is 0 Å². The van der Waals surface area contributed by atoms with Crippen LogP contribution in [-0.2, 0) is 9.53 Å². The highest BCUT2D eigenvalue weighted by molar-refractivity contribution is 6.35. The number of nitrogens with zero attached hydrogens (tertiary/aromatic N) is 2. The van der Waals surface area contributed by atoms with Crippen LogP contribution in [0.2, 0.25) is 10.0 Å². The average molecular weight is 370 g/mol. The number of carbonyl (C=O) groups is 2. The van der Waals surface area contributed by atoms with Crippen LogP contribution in [0.3, 0.4) is 0 Å². The topological polar surface area (TPSA) is 61.9 Å². The SMILES string of the molecule is COCCN1CC2=C(C1=O)[C@H](c1ccc(Cl)cc1Cl)NC(=O)N2C. The number of halogens is 2. The van der Waals surface area contributed by atoms with E-state index in [0.717, 1.165) is 0 Å². The van der Waals surface area contributed by atoms with Crippen LogP contribution >= 0.6 is 23.2 Å². The molecule has 2 heterocycles. The molecule has 3 rings (SSSR count). The summed E-state index contributed by atoms with van der Waals surface area (Å²) in [7, 11) is 3.23. The second kappa shape index (κ2) is 6.63. The maximum atomic E-state index is 12.8. The lowest BCUT2D eigenvalue weighted by atomic mass is 9.95. The summed E-state index contributed by atoms with van der Waals surface area (Å²) < 4.78 is 5.05. The Hall–Kier alpha value is -1.76. The van der Waals surface area contributed by atoms with Gasteiger partial charge in [-0.1, -0.05) is 29.3 Å². The van der Waals surface area contributed by atoms with Crippen LogP contribution in [0.5, 0.6) is 0 Å². The molecule has 1 aromatic rings. The molecule has 0 saturated carbocycles. The third-order valence-electron chi connectivity index (χ3n) is 4.27. The lowest BCUT2D eigenvalue weighted by Crippen LogP contribution is -2.45. The molecule has 6 nitrogen and oxygen atoms in total. The number of hydrogen-bond donors (Lipinski definition) is 1. The van der Waals surface area contributed by atoms with Crippen molar-refractivity contribution in [2.45, 2.75) is 6.04 Å². The molecule has 0 saturated heterocycles. The maximum Gasteiger partial charge on any atom is 0.322 e. The van der Waals surface area contributed by atoms with Gasteiger partial charge in [0.15, 0.2) is 0 Å². The van der Waals surface area contributed by atoms with Crippen LogP contribution < -0.4 is 5.32 Å². The third-order valence-corrected chi connectivity index (χ3v) is 4.84. The monoisotopic (exact) mass is 369 g/mol. The number of amides is 3. The van der Waals surface area contributed by atoms with E-state index >= 15 is 0 Å². The van der Waals surface area contributed by atoms with Gasteiger partial charge in [-0.05, 0) is 17.7 Å². The highest BCUT2D eigenvalue weighted by atomic mass is 35.5. The smallest absolute Gasteiger partial charge is 0.322 e. The van der Waals surface area contributed by atoms with Crippen molar-refractivity contribution in [3.8, 4) is 0 Å². The van der Waals surface area contributed by atoms with E-state index < -0.39 is 6.04 Å². The van der Waals surface area contributed by atoms with Crippen molar-refractivity contribution in [1.29, 1.82) is 0 Å². The van der Waals surface area contributed by atoms with Crippen molar-refractivity contribution in [3.05, 3.63) is 45.1 Å². The molecule has 2 aliphatic rings. The van der Waals surface area contributed by atoms with Gasteiger partial charge in [0.2, 0.25) is 0 Å². The van der Waals surface area contributed by atoms with E-state index in [0.29, 0.717) is 46.6 Å². The zero-order valence-electron chi connectivity index (χ0n) is 13.3. The van der Waals surface area contributed by atoms with Gasteiger partial charge in [0.05, 0.1) is 30.5 Å². The van der Waals surface area contributed by atoms with Gasteiger partial charge in [0.25, 0.3) is 5.91 Å². The van der Waals surface area contributed by atoms with E-state index in [2.05, 4.69) is 5.32 Å². The highest BCUT2D eigenvalue weighted by Gasteiger charge is 2.43. The van der Waals surface area contributed by atoms with Gasteiger partial charge in [0, 0.05) is 30.7 Å². The minimum Gasteiger partial charge on any atom is -0.383 e. The molecule has 128 valence electrons. The lowest BCUT2D eigenvalue weighted by molar-refractivity contribution is -0.126. The van der Waals surface area contributed by atoms with Crippen molar-refractivity contribution in [3.63, 3.8) is 0 Å². The molecule has 8 heteroatoms. The van der Waals surface area contributed by atoms with E-state index in [-0.39, 0.29) is 11.9 Å². The molecular weight excluding hydrogens is 353 g/mol. The fourth-order valence-electron chi connectivity index (χ4n) is 2.97. The first-order valence-electron chi connectivity index (χ1n) is 7.44. The fourth-order valence-corrected chi connectivity index (χ4v) is 3.49. The van der Waals surface area contributed by atoms with E-state index in [4.69, 9.17) is 27.9 Å². The van der Waals surface area contributed by atoms with Gasteiger partial charge in [-0.25, -0.2) is 4.79 Å².